The third-order valence-electron chi connectivity index (χ3n) is 2.69. The van der Waals surface area contributed by atoms with E-state index in [4.69, 9.17) is 5.11 Å². The van der Waals surface area contributed by atoms with Crippen LogP contribution in [-0.2, 0) is 17.8 Å². The first-order valence-corrected chi connectivity index (χ1v) is 5.25. The quantitative estimate of drug-likeness (QED) is 0.859. The second-order valence-corrected chi connectivity index (χ2v) is 3.83. The van der Waals surface area contributed by atoms with Crippen LogP contribution in [0.3, 0.4) is 0 Å². The fraction of sp³-hybridized carbons (Fsp3) is 0.250. The predicted octanol–water partition coefficient (Wildman–Crippen LogP) is 2.13. The van der Waals surface area contributed by atoms with Crippen molar-refractivity contribution in [1.82, 2.24) is 4.57 Å². The van der Waals surface area contributed by atoms with Gasteiger partial charge in [-0.2, -0.15) is 0 Å². The summed E-state index contributed by atoms with van der Waals surface area (Å²) in [5.41, 5.74) is 1.01. The fourth-order valence-electron chi connectivity index (χ4n) is 2.01. The van der Waals surface area contributed by atoms with Crippen molar-refractivity contribution in [2.45, 2.75) is 19.9 Å². The molecule has 0 amide bonds. The average molecular weight is 237 g/mol. The number of aliphatic carboxylic acids is 1. The molecule has 0 unspecified atom stereocenters. The molecule has 2 rings (SSSR count). The summed E-state index contributed by atoms with van der Waals surface area (Å²) >= 11 is 0. The third kappa shape index (κ3) is 1.95. The summed E-state index contributed by atoms with van der Waals surface area (Å²) in [6.45, 7) is 2.45. The minimum absolute atomic E-state index is 0.192. The van der Waals surface area contributed by atoms with Gasteiger partial charge in [0.05, 0.1) is 11.9 Å². The fourth-order valence-corrected chi connectivity index (χ4v) is 2.01. The van der Waals surface area contributed by atoms with E-state index < -0.39 is 11.8 Å². The van der Waals surface area contributed by atoms with E-state index in [1.165, 1.54) is 6.07 Å². The lowest BCUT2D eigenvalue weighted by atomic mass is 10.1. The minimum atomic E-state index is -0.983. The van der Waals surface area contributed by atoms with Gasteiger partial charge in [0.1, 0.15) is 11.6 Å². The molecule has 90 valence electrons. The van der Waals surface area contributed by atoms with Gasteiger partial charge in [-0.3, -0.25) is 4.79 Å². The Morgan fingerprint density at radius 3 is 2.76 bits per heavy atom. The maximum atomic E-state index is 13.2. The van der Waals surface area contributed by atoms with Crippen LogP contribution in [0.1, 0.15) is 12.5 Å². The number of aryl methyl sites for hydroxylation is 1. The Balaban J connectivity index is 2.73. The molecule has 1 aromatic heterocycles. The summed E-state index contributed by atoms with van der Waals surface area (Å²) in [5, 5.41) is 18.9. The number of carboxylic acid groups (broad SMARTS) is 1. The first-order chi connectivity index (χ1) is 8.02. The van der Waals surface area contributed by atoms with E-state index in [-0.39, 0.29) is 12.2 Å². The Morgan fingerprint density at radius 1 is 1.47 bits per heavy atom. The van der Waals surface area contributed by atoms with Crippen LogP contribution in [0.25, 0.3) is 10.9 Å². The zero-order valence-corrected chi connectivity index (χ0v) is 9.27. The van der Waals surface area contributed by atoms with E-state index in [1.807, 2.05) is 6.92 Å². The van der Waals surface area contributed by atoms with Gasteiger partial charge in [-0.05, 0) is 18.6 Å². The van der Waals surface area contributed by atoms with E-state index in [1.54, 1.807) is 10.8 Å². The minimum Gasteiger partial charge on any atom is -0.507 e. The summed E-state index contributed by atoms with van der Waals surface area (Å²) < 4.78 is 14.9. The van der Waals surface area contributed by atoms with Crippen LogP contribution in [0.4, 0.5) is 4.39 Å². The van der Waals surface area contributed by atoms with Crippen molar-refractivity contribution in [3.63, 3.8) is 0 Å². The standard InChI is InChI=1S/C12H12FNO3/c1-2-14-6-7(3-11(16)17)12-9(14)4-8(13)5-10(12)15/h4-6,15H,2-3H2,1H3,(H,16,17). The van der Waals surface area contributed by atoms with E-state index >= 15 is 0 Å². The van der Waals surface area contributed by atoms with Gasteiger partial charge in [-0.25, -0.2) is 4.39 Å². The Hall–Kier alpha value is -2.04. The highest BCUT2D eigenvalue weighted by Crippen LogP contribution is 2.31. The van der Waals surface area contributed by atoms with Crippen LogP contribution in [0.2, 0.25) is 0 Å². The molecule has 2 N–H and O–H groups in total. The van der Waals surface area contributed by atoms with Crippen LogP contribution in [0.5, 0.6) is 5.75 Å². The number of benzene rings is 1. The number of nitrogens with zero attached hydrogens (tertiary/aromatic N) is 1. The monoisotopic (exact) mass is 237 g/mol. The van der Waals surface area contributed by atoms with Gasteiger partial charge >= 0.3 is 5.97 Å². The van der Waals surface area contributed by atoms with Gasteiger partial charge in [0, 0.05) is 24.2 Å². The first kappa shape index (κ1) is 11.4. The van der Waals surface area contributed by atoms with Crippen molar-refractivity contribution in [2.75, 3.05) is 0 Å². The molecule has 2 aromatic rings. The molecular weight excluding hydrogens is 225 g/mol. The first-order valence-electron chi connectivity index (χ1n) is 5.25. The lowest BCUT2D eigenvalue weighted by molar-refractivity contribution is -0.136. The molecule has 0 aliphatic rings. The Bertz CT molecular complexity index is 589. The van der Waals surface area contributed by atoms with E-state index in [0.717, 1.165) is 6.07 Å². The molecule has 0 radical (unpaired) electrons. The summed E-state index contributed by atoms with van der Waals surface area (Å²) in [6.07, 6.45) is 1.45. The summed E-state index contributed by atoms with van der Waals surface area (Å²) in [4.78, 5) is 10.7. The topological polar surface area (TPSA) is 62.5 Å². The number of halogens is 1. The average Bonchev–Trinajstić information content (AvgIpc) is 2.55. The van der Waals surface area contributed by atoms with Crippen molar-refractivity contribution in [3.05, 3.63) is 29.7 Å². The van der Waals surface area contributed by atoms with E-state index in [2.05, 4.69) is 0 Å². The van der Waals surface area contributed by atoms with Crippen molar-refractivity contribution in [2.24, 2.45) is 0 Å². The van der Waals surface area contributed by atoms with Crippen LogP contribution in [0.15, 0.2) is 18.3 Å². The summed E-state index contributed by atoms with van der Waals surface area (Å²) in [5.74, 6) is -1.74. The molecule has 1 aromatic carbocycles. The van der Waals surface area contributed by atoms with E-state index in [9.17, 15) is 14.3 Å². The van der Waals surface area contributed by atoms with Gasteiger partial charge in [-0.1, -0.05) is 0 Å². The molecule has 0 aliphatic carbocycles. The molecular formula is C12H12FNO3. The molecule has 0 aliphatic heterocycles. The second-order valence-electron chi connectivity index (χ2n) is 3.83. The molecule has 4 nitrogen and oxygen atoms in total. The number of aromatic nitrogens is 1. The number of aromatic hydroxyl groups is 1. The molecule has 1 heterocycles. The number of phenolic OH excluding ortho intramolecular Hbond substituents is 1. The molecule has 5 heteroatoms. The van der Waals surface area contributed by atoms with Gasteiger partial charge in [-0.15, -0.1) is 0 Å². The van der Waals surface area contributed by atoms with Crippen molar-refractivity contribution >= 4 is 16.9 Å². The van der Waals surface area contributed by atoms with Gasteiger partial charge in [0.25, 0.3) is 0 Å². The maximum absolute atomic E-state index is 13.2. The maximum Gasteiger partial charge on any atom is 0.307 e. The highest BCUT2D eigenvalue weighted by Gasteiger charge is 2.15. The number of phenols is 1. The number of carbonyl (C=O) groups is 1. The number of hydrogen-bond acceptors (Lipinski definition) is 2. The van der Waals surface area contributed by atoms with Crippen molar-refractivity contribution in [1.29, 1.82) is 0 Å². The van der Waals surface area contributed by atoms with Gasteiger partial charge in [0.2, 0.25) is 0 Å². The SMILES string of the molecule is CCn1cc(CC(=O)O)c2c(O)cc(F)cc21. The summed E-state index contributed by atoms with van der Waals surface area (Å²) in [6, 6.07) is 2.29. The lowest BCUT2D eigenvalue weighted by Gasteiger charge is -2.01. The van der Waals surface area contributed by atoms with Gasteiger partial charge < -0.3 is 14.8 Å². The lowest BCUT2D eigenvalue weighted by Crippen LogP contribution is -1.99. The Labute approximate surface area is 96.9 Å². The van der Waals surface area contributed by atoms with Crippen molar-refractivity contribution < 1.29 is 19.4 Å². The second kappa shape index (κ2) is 4.08. The third-order valence-corrected chi connectivity index (χ3v) is 2.69. The molecule has 0 saturated carbocycles. The van der Waals surface area contributed by atoms with Crippen LogP contribution in [0, 0.1) is 5.82 Å². The number of carboxylic acids is 1. The highest BCUT2D eigenvalue weighted by molar-refractivity contribution is 5.92. The molecule has 0 saturated heterocycles. The summed E-state index contributed by atoms with van der Waals surface area (Å²) in [7, 11) is 0. The highest BCUT2D eigenvalue weighted by atomic mass is 19.1. The normalized spacial score (nSPS) is 10.9. The van der Waals surface area contributed by atoms with Gasteiger partial charge in [0.15, 0.2) is 0 Å². The molecule has 0 atom stereocenters. The Morgan fingerprint density at radius 2 is 2.18 bits per heavy atom. The number of rotatable bonds is 3. The van der Waals surface area contributed by atoms with Crippen LogP contribution < -0.4 is 0 Å². The Kier molecular flexibility index (Phi) is 2.75. The molecule has 0 bridgehead atoms. The largest absolute Gasteiger partial charge is 0.507 e. The zero-order chi connectivity index (χ0) is 12.6. The van der Waals surface area contributed by atoms with Crippen LogP contribution >= 0.6 is 0 Å². The number of fused-ring (bicyclic) bond motifs is 1. The smallest absolute Gasteiger partial charge is 0.307 e. The molecule has 17 heavy (non-hydrogen) atoms. The van der Waals surface area contributed by atoms with Crippen LogP contribution in [-0.4, -0.2) is 20.7 Å². The zero-order valence-electron chi connectivity index (χ0n) is 9.27. The van der Waals surface area contributed by atoms with E-state index in [0.29, 0.717) is 23.0 Å². The number of hydrogen-bond donors (Lipinski definition) is 2. The molecule has 0 spiro atoms. The van der Waals surface area contributed by atoms with Crippen molar-refractivity contribution in [3.8, 4) is 5.75 Å². The predicted molar refractivity (Wildman–Crippen MR) is 60.6 cm³/mol. The molecule has 0 fully saturated rings.